The highest BCUT2D eigenvalue weighted by Gasteiger charge is 2.25. The molecule has 1 aliphatic rings. The molecule has 1 aliphatic carbocycles. The first kappa shape index (κ1) is 22.0. The smallest absolute Gasteiger partial charge is 0.261 e. The second-order valence-corrected chi connectivity index (χ2v) is 8.90. The minimum atomic E-state index is -0.387. The number of aryl methyl sites for hydroxylation is 2. The number of benzene rings is 1. The number of anilines is 1. The van der Waals surface area contributed by atoms with Gasteiger partial charge in [-0.3, -0.25) is 14.6 Å². The lowest BCUT2D eigenvalue weighted by atomic mass is 9.89. The third-order valence-corrected chi connectivity index (χ3v) is 6.67. The zero-order valence-corrected chi connectivity index (χ0v) is 19.1. The fraction of sp³-hybridized carbons (Fsp3) is 0.370. The van der Waals surface area contributed by atoms with Gasteiger partial charge in [0, 0.05) is 30.2 Å². The molecule has 1 fully saturated rings. The van der Waals surface area contributed by atoms with Gasteiger partial charge in [0.1, 0.15) is 5.56 Å². The van der Waals surface area contributed by atoms with Crippen molar-refractivity contribution >= 4 is 11.6 Å². The first-order valence-corrected chi connectivity index (χ1v) is 11.5. The zero-order chi connectivity index (χ0) is 22.7. The van der Waals surface area contributed by atoms with E-state index in [1.54, 1.807) is 12.3 Å². The van der Waals surface area contributed by atoms with Crippen molar-refractivity contribution < 1.29 is 4.79 Å². The van der Waals surface area contributed by atoms with Gasteiger partial charge in [-0.2, -0.15) is 0 Å². The Hall–Kier alpha value is -3.21. The van der Waals surface area contributed by atoms with E-state index in [0.29, 0.717) is 17.3 Å². The molecule has 0 bridgehead atoms. The van der Waals surface area contributed by atoms with Crippen LogP contribution in [0.25, 0.3) is 11.4 Å². The molecule has 1 N–H and O–H groups in total. The maximum absolute atomic E-state index is 13.5. The van der Waals surface area contributed by atoms with E-state index in [-0.39, 0.29) is 16.9 Å². The largest absolute Gasteiger partial charge is 0.342 e. The van der Waals surface area contributed by atoms with E-state index < -0.39 is 0 Å². The Bertz CT molecular complexity index is 1180. The lowest BCUT2D eigenvalue weighted by Gasteiger charge is -2.27. The van der Waals surface area contributed by atoms with E-state index in [9.17, 15) is 9.59 Å². The quantitative estimate of drug-likeness (QED) is 0.568. The van der Waals surface area contributed by atoms with Gasteiger partial charge in [0.25, 0.3) is 5.91 Å². The molecule has 0 spiro atoms. The molecule has 2 heterocycles. The van der Waals surface area contributed by atoms with E-state index >= 15 is 0 Å². The van der Waals surface area contributed by atoms with Crippen molar-refractivity contribution in [3.05, 3.63) is 81.3 Å². The van der Waals surface area contributed by atoms with Crippen LogP contribution in [0.1, 0.15) is 59.3 Å². The summed E-state index contributed by atoms with van der Waals surface area (Å²) in [4.78, 5) is 31.2. The summed E-state index contributed by atoms with van der Waals surface area (Å²) >= 11 is 0. The zero-order valence-electron chi connectivity index (χ0n) is 19.1. The van der Waals surface area contributed by atoms with Crippen LogP contribution in [0, 0.1) is 26.7 Å². The number of nitrogens with zero attached hydrogens (tertiary/aromatic N) is 2. The number of hydrogen-bond donors (Lipinski definition) is 1. The van der Waals surface area contributed by atoms with Crippen LogP contribution in [0.2, 0.25) is 0 Å². The fourth-order valence-corrected chi connectivity index (χ4v) is 4.69. The van der Waals surface area contributed by atoms with Gasteiger partial charge in [0.05, 0.1) is 11.4 Å². The third kappa shape index (κ3) is 4.52. The van der Waals surface area contributed by atoms with Gasteiger partial charge in [-0.1, -0.05) is 37.5 Å². The SMILES string of the molecule is Cc1cccc(NC(=O)c2c(-c3ccccn3)n(CC3CCCCC3)c(C)cc2=O)c1C. The summed E-state index contributed by atoms with van der Waals surface area (Å²) in [5.74, 6) is 0.157. The Morgan fingerprint density at radius 2 is 1.84 bits per heavy atom. The first-order valence-electron chi connectivity index (χ1n) is 11.5. The number of carbonyl (C=O) groups excluding carboxylic acids is 1. The van der Waals surface area contributed by atoms with Crippen LogP contribution >= 0.6 is 0 Å². The molecule has 166 valence electrons. The van der Waals surface area contributed by atoms with E-state index in [1.165, 1.54) is 32.1 Å². The number of pyridine rings is 2. The first-order chi connectivity index (χ1) is 15.5. The summed E-state index contributed by atoms with van der Waals surface area (Å²) in [5, 5.41) is 2.99. The molecule has 0 atom stereocenters. The van der Waals surface area contributed by atoms with Crippen molar-refractivity contribution in [3.8, 4) is 11.4 Å². The number of carbonyl (C=O) groups is 1. The van der Waals surface area contributed by atoms with Crippen LogP contribution in [0.4, 0.5) is 5.69 Å². The lowest BCUT2D eigenvalue weighted by molar-refractivity contribution is 0.102. The van der Waals surface area contributed by atoms with Gasteiger partial charge < -0.3 is 9.88 Å². The van der Waals surface area contributed by atoms with Crippen LogP contribution in [-0.2, 0) is 6.54 Å². The molecule has 1 aromatic carbocycles. The Morgan fingerprint density at radius 3 is 2.56 bits per heavy atom. The predicted octanol–water partition coefficient (Wildman–Crippen LogP) is 5.67. The summed E-state index contributed by atoms with van der Waals surface area (Å²) in [6.45, 7) is 6.72. The van der Waals surface area contributed by atoms with E-state index in [0.717, 1.165) is 29.1 Å². The van der Waals surface area contributed by atoms with Gasteiger partial charge in [-0.15, -0.1) is 0 Å². The molecular formula is C27H31N3O2. The Labute approximate surface area is 189 Å². The minimum absolute atomic E-state index is 0.158. The van der Waals surface area contributed by atoms with Crippen molar-refractivity contribution in [1.82, 2.24) is 9.55 Å². The highest BCUT2D eigenvalue weighted by molar-refractivity contribution is 6.08. The number of nitrogens with one attached hydrogen (secondary N) is 1. The number of hydrogen-bond acceptors (Lipinski definition) is 3. The minimum Gasteiger partial charge on any atom is -0.342 e. The van der Waals surface area contributed by atoms with Crippen LogP contribution in [0.3, 0.4) is 0 Å². The summed E-state index contributed by atoms with van der Waals surface area (Å²) in [6, 6.07) is 13.0. The van der Waals surface area contributed by atoms with Crippen molar-refractivity contribution in [1.29, 1.82) is 0 Å². The third-order valence-electron chi connectivity index (χ3n) is 6.67. The van der Waals surface area contributed by atoms with Crippen LogP contribution in [0.5, 0.6) is 0 Å². The Balaban J connectivity index is 1.83. The predicted molar refractivity (Wildman–Crippen MR) is 129 cm³/mol. The molecular weight excluding hydrogens is 398 g/mol. The second-order valence-electron chi connectivity index (χ2n) is 8.90. The van der Waals surface area contributed by atoms with Crippen molar-refractivity contribution in [2.24, 2.45) is 5.92 Å². The van der Waals surface area contributed by atoms with Crippen molar-refractivity contribution in [2.45, 2.75) is 59.4 Å². The van der Waals surface area contributed by atoms with Crippen molar-refractivity contribution in [3.63, 3.8) is 0 Å². The Kier molecular flexibility index (Phi) is 6.54. The molecule has 3 aromatic rings. The van der Waals surface area contributed by atoms with Gasteiger partial charge in [-0.25, -0.2) is 0 Å². The average molecular weight is 430 g/mol. The molecule has 0 aliphatic heterocycles. The highest BCUT2D eigenvalue weighted by Crippen LogP contribution is 2.29. The molecule has 0 saturated heterocycles. The number of rotatable bonds is 5. The topological polar surface area (TPSA) is 64.0 Å². The number of amides is 1. The molecule has 4 rings (SSSR count). The average Bonchev–Trinajstić information content (AvgIpc) is 2.79. The molecule has 2 aromatic heterocycles. The lowest BCUT2D eigenvalue weighted by Crippen LogP contribution is -2.28. The molecule has 32 heavy (non-hydrogen) atoms. The maximum Gasteiger partial charge on any atom is 0.261 e. The monoisotopic (exact) mass is 429 g/mol. The fourth-order valence-electron chi connectivity index (χ4n) is 4.69. The number of aromatic nitrogens is 2. The van der Waals surface area contributed by atoms with Gasteiger partial charge in [0.2, 0.25) is 0 Å². The molecule has 5 heteroatoms. The Morgan fingerprint density at radius 1 is 1.06 bits per heavy atom. The van der Waals surface area contributed by atoms with Gasteiger partial charge >= 0.3 is 0 Å². The summed E-state index contributed by atoms with van der Waals surface area (Å²) in [5.41, 5.74) is 4.82. The standard InChI is InChI=1S/C27H31N3O2/c1-18-10-9-14-22(20(18)3)29-27(32)25-24(31)16-19(2)30(17-21-11-5-4-6-12-21)26(25)23-13-7-8-15-28-23/h7-10,13-16,21H,4-6,11-12,17H2,1-3H3,(H,29,32). The normalized spacial score (nSPS) is 14.3. The van der Waals surface area contributed by atoms with E-state index in [1.807, 2.05) is 57.2 Å². The highest BCUT2D eigenvalue weighted by atomic mass is 16.2. The van der Waals surface area contributed by atoms with Gasteiger partial charge in [0.15, 0.2) is 5.43 Å². The molecule has 1 saturated carbocycles. The summed E-state index contributed by atoms with van der Waals surface area (Å²) < 4.78 is 2.14. The van der Waals surface area contributed by atoms with Crippen LogP contribution < -0.4 is 10.7 Å². The van der Waals surface area contributed by atoms with E-state index in [2.05, 4.69) is 14.9 Å². The molecule has 1 amide bonds. The summed E-state index contributed by atoms with van der Waals surface area (Å²) in [7, 11) is 0. The van der Waals surface area contributed by atoms with Crippen LogP contribution in [0.15, 0.2) is 53.5 Å². The maximum atomic E-state index is 13.5. The van der Waals surface area contributed by atoms with Gasteiger partial charge in [-0.05, 0) is 68.9 Å². The summed E-state index contributed by atoms with van der Waals surface area (Å²) in [6.07, 6.45) is 7.83. The van der Waals surface area contributed by atoms with E-state index in [4.69, 9.17) is 0 Å². The second kappa shape index (κ2) is 9.51. The molecule has 5 nitrogen and oxygen atoms in total. The molecule has 0 unspecified atom stereocenters. The van der Waals surface area contributed by atoms with Crippen LogP contribution in [-0.4, -0.2) is 15.5 Å². The van der Waals surface area contributed by atoms with Crippen molar-refractivity contribution in [2.75, 3.05) is 5.32 Å². The molecule has 0 radical (unpaired) electrons.